The Morgan fingerprint density at radius 1 is 0.846 bits per heavy atom. The minimum absolute atomic E-state index is 0.514. The summed E-state index contributed by atoms with van der Waals surface area (Å²) < 4.78 is 0. The second kappa shape index (κ2) is 9.15. The lowest BCUT2D eigenvalue weighted by molar-refractivity contribution is 0.420. The van der Waals surface area contributed by atoms with Gasteiger partial charge in [0.15, 0.2) is 0 Å². The standard InChI is InChI=1S/C24H40N2/c1-17(2)16-18(3)26-22-15-14-21(25)23(19-10-6-4-7-11-19)24(22)20-12-8-5-9-13-20/h14-15,17-20,26H,4-13,16,25H2,1-3H3. The van der Waals surface area contributed by atoms with Gasteiger partial charge in [0.2, 0.25) is 0 Å². The topological polar surface area (TPSA) is 38.0 Å². The Labute approximate surface area is 161 Å². The summed E-state index contributed by atoms with van der Waals surface area (Å²) in [4.78, 5) is 0. The van der Waals surface area contributed by atoms with Crippen LogP contribution in [0.15, 0.2) is 12.1 Å². The fourth-order valence-electron chi connectivity index (χ4n) is 5.49. The Morgan fingerprint density at radius 3 is 1.92 bits per heavy atom. The van der Waals surface area contributed by atoms with E-state index in [1.165, 1.54) is 81.9 Å². The fourth-order valence-corrected chi connectivity index (χ4v) is 5.49. The van der Waals surface area contributed by atoms with E-state index in [1.54, 1.807) is 5.56 Å². The Hall–Kier alpha value is -1.18. The molecule has 3 N–H and O–H groups in total. The summed E-state index contributed by atoms with van der Waals surface area (Å²) in [5.41, 5.74) is 12.2. The van der Waals surface area contributed by atoms with Crippen LogP contribution in [0.25, 0.3) is 0 Å². The van der Waals surface area contributed by atoms with Crippen molar-refractivity contribution < 1.29 is 0 Å². The third-order valence-corrected chi connectivity index (χ3v) is 6.57. The van der Waals surface area contributed by atoms with E-state index in [4.69, 9.17) is 5.73 Å². The first kappa shape index (κ1) is 19.6. The van der Waals surface area contributed by atoms with Gasteiger partial charge in [0.25, 0.3) is 0 Å². The van der Waals surface area contributed by atoms with Crippen LogP contribution in [0, 0.1) is 5.92 Å². The number of benzene rings is 1. The van der Waals surface area contributed by atoms with E-state index in [2.05, 4.69) is 38.2 Å². The van der Waals surface area contributed by atoms with Crippen molar-refractivity contribution in [3.63, 3.8) is 0 Å². The predicted octanol–water partition coefficient (Wildman–Crippen LogP) is 7.21. The van der Waals surface area contributed by atoms with Gasteiger partial charge in [-0.05, 0) is 80.0 Å². The molecule has 2 aliphatic rings. The van der Waals surface area contributed by atoms with Gasteiger partial charge in [-0.1, -0.05) is 52.4 Å². The molecule has 0 radical (unpaired) electrons. The van der Waals surface area contributed by atoms with Crippen molar-refractivity contribution in [1.82, 2.24) is 0 Å². The number of nitrogen functional groups attached to an aromatic ring is 1. The first-order valence-electron chi connectivity index (χ1n) is 11.2. The summed E-state index contributed by atoms with van der Waals surface area (Å²) in [6.07, 6.45) is 14.9. The first-order chi connectivity index (χ1) is 12.6. The monoisotopic (exact) mass is 356 g/mol. The minimum Gasteiger partial charge on any atom is -0.398 e. The highest BCUT2D eigenvalue weighted by molar-refractivity contribution is 5.67. The predicted molar refractivity (Wildman–Crippen MR) is 115 cm³/mol. The molecule has 3 rings (SSSR count). The van der Waals surface area contributed by atoms with Crippen LogP contribution in [-0.4, -0.2) is 6.04 Å². The molecule has 0 bridgehead atoms. The number of hydrogen-bond donors (Lipinski definition) is 2. The number of nitrogens with one attached hydrogen (secondary N) is 1. The van der Waals surface area contributed by atoms with Crippen molar-refractivity contribution in [3.05, 3.63) is 23.3 Å². The molecule has 0 heterocycles. The number of anilines is 2. The molecule has 2 nitrogen and oxygen atoms in total. The summed E-state index contributed by atoms with van der Waals surface area (Å²) in [6.45, 7) is 6.97. The molecule has 1 unspecified atom stereocenters. The second-order valence-electron chi connectivity index (χ2n) is 9.37. The maximum atomic E-state index is 6.61. The molecular formula is C24H40N2. The largest absolute Gasteiger partial charge is 0.398 e. The van der Waals surface area contributed by atoms with Gasteiger partial charge in [0.1, 0.15) is 0 Å². The van der Waals surface area contributed by atoms with Crippen molar-refractivity contribution in [2.24, 2.45) is 5.92 Å². The third-order valence-electron chi connectivity index (χ3n) is 6.57. The van der Waals surface area contributed by atoms with Crippen LogP contribution >= 0.6 is 0 Å². The maximum Gasteiger partial charge on any atom is 0.0382 e. The van der Waals surface area contributed by atoms with Gasteiger partial charge in [-0.2, -0.15) is 0 Å². The van der Waals surface area contributed by atoms with Crippen LogP contribution in [0.1, 0.15) is 114 Å². The molecule has 0 aliphatic heterocycles. The Bertz CT molecular complexity index is 566. The van der Waals surface area contributed by atoms with E-state index >= 15 is 0 Å². The van der Waals surface area contributed by atoms with Crippen LogP contribution in [0.5, 0.6) is 0 Å². The van der Waals surface area contributed by atoms with Gasteiger partial charge in [0.05, 0.1) is 0 Å². The fraction of sp³-hybridized carbons (Fsp3) is 0.750. The number of rotatable bonds is 6. The molecule has 2 aliphatic carbocycles. The average molecular weight is 357 g/mol. The van der Waals surface area contributed by atoms with Crippen molar-refractivity contribution >= 4 is 11.4 Å². The lowest BCUT2D eigenvalue weighted by atomic mass is 9.74. The molecule has 146 valence electrons. The minimum atomic E-state index is 0.514. The zero-order valence-electron chi connectivity index (χ0n) is 17.3. The SMILES string of the molecule is CC(C)CC(C)Nc1ccc(N)c(C2CCCCC2)c1C1CCCCC1. The van der Waals surface area contributed by atoms with Crippen LogP contribution in [0.3, 0.4) is 0 Å². The molecule has 1 aromatic rings. The highest BCUT2D eigenvalue weighted by Crippen LogP contribution is 2.46. The number of hydrogen-bond acceptors (Lipinski definition) is 2. The van der Waals surface area contributed by atoms with Gasteiger partial charge < -0.3 is 11.1 Å². The third kappa shape index (κ3) is 4.75. The molecule has 26 heavy (non-hydrogen) atoms. The summed E-state index contributed by atoms with van der Waals surface area (Å²) >= 11 is 0. The maximum absolute atomic E-state index is 6.61. The Kier molecular flexibility index (Phi) is 6.89. The van der Waals surface area contributed by atoms with E-state index in [1.807, 2.05) is 0 Å². The summed E-state index contributed by atoms with van der Waals surface area (Å²) in [5.74, 6) is 2.11. The van der Waals surface area contributed by atoms with E-state index in [0.29, 0.717) is 17.9 Å². The van der Waals surface area contributed by atoms with E-state index in [9.17, 15) is 0 Å². The lowest BCUT2D eigenvalue weighted by Gasteiger charge is -2.33. The van der Waals surface area contributed by atoms with Crippen molar-refractivity contribution in [1.29, 1.82) is 0 Å². The van der Waals surface area contributed by atoms with E-state index in [0.717, 1.165) is 11.6 Å². The lowest BCUT2D eigenvalue weighted by Crippen LogP contribution is -2.22. The molecule has 0 saturated heterocycles. The Morgan fingerprint density at radius 2 is 1.38 bits per heavy atom. The second-order valence-corrected chi connectivity index (χ2v) is 9.37. The van der Waals surface area contributed by atoms with Gasteiger partial charge in [0, 0.05) is 17.4 Å². The zero-order valence-corrected chi connectivity index (χ0v) is 17.3. The average Bonchev–Trinajstić information content (AvgIpc) is 2.63. The van der Waals surface area contributed by atoms with Gasteiger partial charge in [-0.15, -0.1) is 0 Å². The van der Waals surface area contributed by atoms with Crippen molar-refractivity contribution in [2.75, 3.05) is 11.1 Å². The van der Waals surface area contributed by atoms with Crippen LogP contribution in [0.2, 0.25) is 0 Å². The van der Waals surface area contributed by atoms with Crippen LogP contribution in [0.4, 0.5) is 11.4 Å². The summed E-state index contributed by atoms with van der Waals surface area (Å²) in [7, 11) is 0. The molecule has 0 aromatic heterocycles. The van der Waals surface area contributed by atoms with Gasteiger partial charge in [-0.3, -0.25) is 0 Å². The molecule has 1 aromatic carbocycles. The quantitative estimate of drug-likeness (QED) is 0.528. The number of nitrogens with two attached hydrogens (primary N) is 1. The molecule has 2 heteroatoms. The first-order valence-corrected chi connectivity index (χ1v) is 11.2. The molecular weight excluding hydrogens is 316 g/mol. The van der Waals surface area contributed by atoms with Gasteiger partial charge in [-0.25, -0.2) is 0 Å². The zero-order chi connectivity index (χ0) is 18.5. The van der Waals surface area contributed by atoms with Crippen molar-refractivity contribution in [3.8, 4) is 0 Å². The normalized spacial score (nSPS) is 21.1. The molecule has 1 atom stereocenters. The van der Waals surface area contributed by atoms with Crippen LogP contribution < -0.4 is 11.1 Å². The molecule has 2 saturated carbocycles. The highest BCUT2D eigenvalue weighted by atomic mass is 14.9. The van der Waals surface area contributed by atoms with E-state index < -0.39 is 0 Å². The van der Waals surface area contributed by atoms with Crippen LogP contribution in [-0.2, 0) is 0 Å². The Balaban J connectivity index is 1.96. The molecule has 0 amide bonds. The summed E-state index contributed by atoms with van der Waals surface area (Å²) in [6, 6.07) is 4.98. The van der Waals surface area contributed by atoms with Gasteiger partial charge >= 0.3 is 0 Å². The highest BCUT2D eigenvalue weighted by Gasteiger charge is 2.28. The smallest absolute Gasteiger partial charge is 0.0382 e. The van der Waals surface area contributed by atoms with E-state index in [-0.39, 0.29) is 0 Å². The molecule has 0 spiro atoms. The van der Waals surface area contributed by atoms with Crippen molar-refractivity contribution in [2.45, 2.75) is 109 Å². The summed E-state index contributed by atoms with van der Waals surface area (Å²) in [5, 5.41) is 3.89. The molecule has 2 fully saturated rings.